The molecule has 1 N–H and O–H groups in total. The van der Waals surface area contributed by atoms with Gasteiger partial charge in [0.25, 0.3) is 0 Å². The zero-order valence-electron chi connectivity index (χ0n) is 18.7. The van der Waals surface area contributed by atoms with E-state index in [9.17, 15) is 14.4 Å². The number of morpholine rings is 1. The molecule has 2 fully saturated rings. The molecule has 9 heteroatoms. The minimum absolute atomic E-state index is 0.00908. The average molecular weight is 432 g/mol. The lowest BCUT2D eigenvalue weighted by Crippen LogP contribution is -2.54. The molecule has 2 aliphatic heterocycles. The smallest absolute Gasteiger partial charge is 0.312 e. The van der Waals surface area contributed by atoms with Gasteiger partial charge in [-0.3, -0.25) is 19.3 Å². The number of carbonyl (C=O) groups excluding carboxylic acids is 3. The molecule has 0 saturated carbocycles. The molecule has 31 heavy (non-hydrogen) atoms. The number of rotatable bonds is 5. The van der Waals surface area contributed by atoms with Crippen molar-refractivity contribution in [1.82, 2.24) is 20.0 Å². The Morgan fingerprint density at radius 3 is 2.10 bits per heavy atom. The molecule has 0 aliphatic carbocycles. The Labute approximate surface area is 183 Å². The number of piperazine rings is 1. The highest BCUT2D eigenvalue weighted by Crippen LogP contribution is 2.23. The largest absolute Gasteiger partial charge is 0.379 e. The van der Waals surface area contributed by atoms with Crippen LogP contribution in [0.15, 0.2) is 24.3 Å². The van der Waals surface area contributed by atoms with E-state index in [2.05, 4.69) is 34.5 Å². The third-order valence-corrected chi connectivity index (χ3v) is 5.94. The predicted molar refractivity (Wildman–Crippen MR) is 118 cm³/mol. The predicted octanol–water partition coefficient (Wildman–Crippen LogP) is -0.0672. The maximum Gasteiger partial charge on any atom is 0.312 e. The topological polar surface area (TPSA) is 85.4 Å². The second-order valence-corrected chi connectivity index (χ2v) is 8.16. The summed E-state index contributed by atoms with van der Waals surface area (Å²) in [6.45, 7) is 6.40. The van der Waals surface area contributed by atoms with Gasteiger partial charge in [-0.05, 0) is 17.7 Å². The maximum absolute atomic E-state index is 12.6. The number of ether oxygens (including phenoxy) is 1. The number of hydrogen-bond donors (Lipinski definition) is 1. The Bertz CT molecular complexity index is 769. The summed E-state index contributed by atoms with van der Waals surface area (Å²) in [6, 6.07) is 8.23. The van der Waals surface area contributed by atoms with Crippen LogP contribution in [0.3, 0.4) is 0 Å². The van der Waals surface area contributed by atoms with Crippen LogP contribution >= 0.6 is 0 Å². The fraction of sp³-hybridized carbons (Fsp3) is 0.591. The number of amides is 3. The normalized spacial score (nSPS) is 18.4. The Balaban J connectivity index is 1.62. The van der Waals surface area contributed by atoms with Gasteiger partial charge in [0.2, 0.25) is 5.91 Å². The summed E-state index contributed by atoms with van der Waals surface area (Å²) in [4.78, 5) is 44.2. The van der Waals surface area contributed by atoms with E-state index < -0.39 is 11.8 Å². The summed E-state index contributed by atoms with van der Waals surface area (Å²) < 4.78 is 5.48. The number of nitrogens with one attached hydrogen (secondary N) is 1. The number of nitrogens with zero attached hydrogens (tertiary/aromatic N) is 4. The Morgan fingerprint density at radius 1 is 0.968 bits per heavy atom. The lowest BCUT2D eigenvalue weighted by Gasteiger charge is -2.36. The fourth-order valence-corrected chi connectivity index (χ4v) is 3.97. The summed E-state index contributed by atoms with van der Waals surface area (Å²) >= 11 is 0. The molecule has 0 bridgehead atoms. The van der Waals surface area contributed by atoms with E-state index in [0.717, 1.165) is 24.3 Å². The molecule has 2 saturated heterocycles. The Kier molecular flexibility index (Phi) is 7.86. The molecule has 3 rings (SSSR count). The first-order valence-corrected chi connectivity index (χ1v) is 10.8. The van der Waals surface area contributed by atoms with Crippen LogP contribution in [0, 0.1) is 0 Å². The SMILES string of the molecule is CC(=O)N1CCN(C(=O)C(=O)NC[C@H](c2ccc(N(C)C)cc2)N2CCOCC2)CC1. The number of anilines is 1. The average Bonchev–Trinajstić information content (AvgIpc) is 2.79. The minimum Gasteiger partial charge on any atom is -0.379 e. The van der Waals surface area contributed by atoms with Crippen molar-refractivity contribution in [2.45, 2.75) is 13.0 Å². The summed E-state index contributed by atoms with van der Waals surface area (Å²) in [5, 5.41) is 2.84. The zero-order valence-corrected chi connectivity index (χ0v) is 18.7. The molecule has 170 valence electrons. The Hall–Kier alpha value is -2.65. The van der Waals surface area contributed by atoms with E-state index in [1.807, 2.05) is 19.0 Å². The van der Waals surface area contributed by atoms with Gasteiger partial charge in [0.1, 0.15) is 0 Å². The molecule has 1 aromatic rings. The summed E-state index contributed by atoms with van der Waals surface area (Å²) in [5.41, 5.74) is 2.20. The maximum atomic E-state index is 12.6. The highest BCUT2D eigenvalue weighted by atomic mass is 16.5. The molecule has 1 aromatic carbocycles. The van der Waals surface area contributed by atoms with Crippen LogP contribution in [0.4, 0.5) is 5.69 Å². The first kappa shape index (κ1) is 23.0. The molecule has 0 unspecified atom stereocenters. The van der Waals surface area contributed by atoms with Crippen LogP contribution in [-0.2, 0) is 19.1 Å². The van der Waals surface area contributed by atoms with Gasteiger partial charge in [-0.1, -0.05) is 12.1 Å². The first-order valence-electron chi connectivity index (χ1n) is 10.8. The van der Waals surface area contributed by atoms with Gasteiger partial charge in [0.05, 0.1) is 19.3 Å². The van der Waals surface area contributed by atoms with Crippen LogP contribution in [0.5, 0.6) is 0 Å². The fourth-order valence-electron chi connectivity index (χ4n) is 3.97. The molecule has 2 heterocycles. The standard InChI is InChI=1S/C22H33N5O4/c1-17(28)25-8-10-27(11-9-25)22(30)21(29)23-16-20(26-12-14-31-15-13-26)18-4-6-19(7-5-18)24(2)3/h4-7,20H,8-16H2,1-3H3,(H,23,29)/t20-/m1/s1. The third kappa shape index (κ3) is 5.95. The van der Waals surface area contributed by atoms with Gasteiger partial charge in [0, 0.05) is 72.5 Å². The van der Waals surface area contributed by atoms with Gasteiger partial charge < -0.3 is 24.8 Å². The molecular weight excluding hydrogens is 398 g/mol. The monoisotopic (exact) mass is 431 g/mol. The summed E-state index contributed by atoms with van der Waals surface area (Å²) in [7, 11) is 3.99. The van der Waals surface area contributed by atoms with Crippen molar-refractivity contribution in [1.29, 1.82) is 0 Å². The van der Waals surface area contributed by atoms with Gasteiger partial charge >= 0.3 is 11.8 Å². The van der Waals surface area contributed by atoms with Crippen molar-refractivity contribution in [2.24, 2.45) is 0 Å². The lowest BCUT2D eigenvalue weighted by molar-refractivity contribution is -0.148. The van der Waals surface area contributed by atoms with Crippen LogP contribution < -0.4 is 10.2 Å². The molecule has 0 spiro atoms. The van der Waals surface area contributed by atoms with Crippen LogP contribution in [0.25, 0.3) is 0 Å². The minimum atomic E-state index is -0.598. The second-order valence-electron chi connectivity index (χ2n) is 8.16. The second kappa shape index (κ2) is 10.6. The highest BCUT2D eigenvalue weighted by molar-refractivity contribution is 6.35. The number of benzene rings is 1. The molecule has 0 aromatic heterocycles. The van der Waals surface area contributed by atoms with E-state index in [-0.39, 0.29) is 11.9 Å². The van der Waals surface area contributed by atoms with E-state index in [1.165, 1.54) is 11.8 Å². The molecule has 1 atom stereocenters. The van der Waals surface area contributed by atoms with Crippen molar-refractivity contribution < 1.29 is 19.1 Å². The van der Waals surface area contributed by atoms with E-state index in [4.69, 9.17) is 4.74 Å². The molecule has 9 nitrogen and oxygen atoms in total. The molecule has 2 aliphatic rings. The Morgan fingerprint density at radius 2 is 1.55 bits per heavy atom. The van der Waals surface area contributed by atoms with E-state index >= 15 is 0 Å². The molecule has 0 radical (unpaired) electrons. The third-order valence-electron chi connectivity index (χ3n) is 5.94. The van der Waals surface area contributed by atoms with Gasteiger partial charge in [0.15, 0.2) is 0 Å². The molecule has 3 amide bonds. The van der Waals surface area contributed by atoms with Crippen molar-refractivity contribution in [3.05, 3.63) is 29.8 Å². The van der Waals surface area contributed by atoms with E-state index in [1.54, 1.807) is 4.90 Å². The lowest BCUT2D eigenvalue weighted by atomic mass is 10.0. The van der Waals surface area contributed by atoms with Gasteiger partial charge in [-0.2, -0.15) is 0 Å². The van der Waals surface area contributed by atoms with Crippen LogP contribution in [0.2, 0.25) is 0 Å². The van der Waals surface area contributed by atoms with Crippen molar-refractivity contribution in [3.63, 3.8) is 0 Å². The van der Waals surface area contributed by atoms with Crippen molar-refractivity contribution in [3.8, 4) is 0 Å². The number of hydrogen-bond acceptors (Lipinski definition) is 6. The summed E-state index contributed by atoms with van der Waals surface area (Å²) in [5.74, 6) is -1.14. The zero-order chi connectivity index (χ0) is 22.4. The quantitative estimate of drug-likeness (QED) is 0.657. The highest BCUT2D eigenvalue weighted by Gasteiger charge is 2.29. The first-order chi connectivity index (χ1) is 14.9. The number of carbonyl (C=O) groups is 3. The van der Waals surface area contributed by atoms with Gasteiger partial charge in [-0.25, -0.2) is 0 Å². The van der Waals surface area contributed by atoms with E-state index in [0.29, 0.717) is 45.9 Å². The summed E-state index contributed by atoms with van der Waals surface area (Å²) in [6.07, 6.45) is 0. The molecular formula is C22H33N5O4. The van der Waals surface area contributed by atoms with Crippen LogP contribution in [0.1, 0.15) is 18.5 Å². The van der Waals surface area contributed by atoms with Crippen LogP contribution in [-0.4, -0.2) is 106 Å². The van der Waals surface area contributed by atoms with Crippen molar-refractivity contribution >= 4 is 23.4 Å². The van der Waals surface area contributed by atoms with Crippen molar-refractivity contribution in [2.75, 3.05) is 78.0 Å². The van der Waals surface area contributed by atoms with Gasteiger partial charge in [-0.15, -0.1) is 0 Å².